The van der Waals surface area contributed by atoms with Crippen molar-refractivity contribution in [3.8, 4) is 5.75 Å². The number of amides is 2. The van der Waals surface area contributed by atoms with Crippen LogP contribution in [-0.4, -0.2) is 57.0 Å². The first-order chi connectivity index (χ1) is 16.3. The smallest absolute Gasteiger partial charge is 0.227 e. The maximum absolute atomic E-state index is 12.8. The number of carbonyl (C=O) groups excluding carboxylic acids is 2. The number of nitrogens with zero attached hydrogens (tertiary/aromatic N) is 2. The molecule has 34 heavy (non-hydrogen) atoms. The van der Waals surface area contributed by atoms with Crippen LogP contribution in [0.1, 0.15) is 24.0 Å². The van der Waals surface area contributed by atoms with Gasteiger partial charge in [-0.1, -0.05) is 17.7 Å². The highest BCUT2D eigenvalue weighted by molar-refractivity contribution is 7.89. The molecule has 8 nitrogen and oxygen atoms in total. The predicted molar refractivity (Wildman–Crippen MR) is 130 cm³/mol. The van der Waals surface area contributed by atoms with E-state index in [9.17, 15) is 18.0 Å². The molecule has 182 valence electrons. The Morgan fingerprint density at radius 2 is 1.94 bits per heavy atom. The molecule has 0 saturated carbocycles. The van der Waals surface area contributed by atoms with Crippen LogP contribution in [-0.2, 0) is 32.6 Å². The molecule has 2 aromatic carbocycles. The van der Waals surface area contributed by atoms with Crippen molar-refractivity contribution in [1.82, 2.24) is 9.62 Å². The van der Waals surface area contributed by atoms with Crippen LogP contribution in [0.25, 0.3) is 0 Å². The second-order valence-electron chi connectivity index (χ2n) is 8.56. The summed E-state index contributed by atoms with van der Waals surface area (Å²) in [4.78, 5) is 26.5. The van der Waals surface area contributed by atoms with Crippen LogP contribution in [0.3, 0.4) is 0 Å². The van der Waals surface area contributed by atoms with Gasteiger partial charge in [0.1, 0.15) is 5.75 Å². The highest BCUT2D eigenvalue weighted by Gasteiger charge is 2.35. The van der Waals surface area contributed by atoms with E-state index in [-0.39, 0.29) is 30.5 Å². The van der Waals surface area contributed by atoms with E-state index in [0.717, 1.165) is 16.9 Å². The van der Waals surface area contributed by atoms with Crippen molar-refractivity contribution >= 4 is 39.1 Å². The number of methoxy groups -OCH3 is 1. The number of fused-ring (bicyclic) bond motifs is 1. The number of anilines is 1. The van der Waals surface area contributed by atoms with E-state index in [1.165, 1.54) is 4.31 Å². The van der Waals surface area contributed by atoms with Gasteiger partial charge in [-0.15, -0.1) is 0 Å². The van der Waals surface area contributed by atoms with Gasteiger partial charge in [0, 0.05) is 43.3 Å². The van der Waals surface area contributed by atoms with Gasteiger partial charge < -0.3 is 15.0 Å². The van der Waals surface area contributed by atoms with Gasteiger partial charge in [0.2, 0.25) is 21.8 Å². The Labute approximate surface area is 204 Å². The summed E-state index contributed by atoms with van der Waals surface area (Å²) < 4.78 is 32.4. The number of nitrogens with one attached hydrogen (secondary N) is 1. The third kappa shape index (κ3) is 5.54. The van der Waals surface area contributed by atoms with E-state index >= 15 is 0 Å². The molecule has 10 heteroatoms. The molecule has 1 unspecified atom stereocenters. The fourth-order valence-corrected chi connectivity index (χ4v) is 5.96. The zero-order valence-electron chi connectivity index (χ0n) is 19.0. The Morgan fingerprint density at radius 3 is 2.68 bits per heavy atom. The molecule has 0 bridgehead atoms. The average Bonchev–Trinajstić information content (AvgIpc) is 3.23. The molecule has 1 atom stereocenters. The van der Waals surface area contributed by atoms with Gasteiger partial charge in [0.15, 0.2) is 0 Å². The van der Waals surface area contributed by atoms with Crippen molar-refractivity contribution in [2.75, 3.05) is 37.4 Å². The number of rotatable bonds is 8. The lowest BCUT2D eigenvalue weighted by molar-refractivity contribution is -0.126. The van der Waals surface area contributed by atoms with Crippen molar-refractivity contribution in [3.63, 3.8) is 0 Å². The van der Waals surface area contributed by atoms with Crippen molar-refractivity contribution in [1.29, 1.82) is 0 Å². The van der Waals surface area contributed by atoms with Crippen molar-refractivity contribution < 1.29 is 22.7 Å². The van der Waals surface area contributed by atoms with Gasteiger partial charge in [-0.2, -0.15) is 4.31 Å². The lowest BCUT2D eigenvalue weighted by Crippen LogP contribution is -2.38. The molecule has 1 fully saturated rings. The number of hydrogen-bond donors (Lipinski definition) is 1. The molecule has 0 radical (unpaired) electrons. The standard InChI is InChI=1S/C24H28ClN3O5S/c1-33-22-8-3-18-15-27(11-9-17(18)13-22)34(31,32)12-2-10-26-24(30)19-14-23(29)28(16-19)21-6-4-20(25)5-7-21/h3-8,13,19H,2,9-12,14-16H2,1H3,(H,26,30). The summed E-state index contributed by atoms with van der Waals surface area (Å²) in [6.07, 6.45) is 1.08. The van der Waals surface area contributed by atoms with Gasteiger partial charge >= 0.3 is 0 Å². The summed E-state index contributed by atoms with van der Waals surface area (Å²) >= 11 is 5.90. The predicted octanol–water partition coefficient (Wildman–Crippen LogP) is 2.60. The molecule has 1 N–H and O–H groups in total. The molecule has 0 aromatic heterocycles. The maximum Gasteiger partial charge on any atom is 0.227 e. The zero-order chi connectivity index (χ0) is 24.3. The molecule has 1 saturated heterocycles. The number of benzene rings is 2. The minimum Gasteiger partial charge on any atom is -0.497 e. The third-order valence-corrected chi connectivity index (χ3v) is 8.45. The Balaban J connectivity index is 1.24. The van der Waals surface area contributed by atoms with Crippen LogP contribution in [0.2, 0.25) is 5.02 Å². The first kappa shape index (κ1) is 24.5. The van der Waals surface area contributed by atoms with Gasteiger partial charge in [0.05, 0.1) is 18.8 Å². The quantitative estimate of drug-likeness (QED) is 0.556. The summed E-state index contributed by atoms with van der Waals surface area (Å²) in [5.41, 5.74) is 2.80. The molecular formula is C24H28ClN3O5S. The van der Waals surface area contributed by atoms with Crippen LogP contribution in [0.4, 0.5) is 5.69 Å². The average molecular weight is 506 g/mol. The van der Waals surface area contributed by atoms with E-state index in [2.05, 4.69) is 5.32 Å². The monoisotopic (exact) mass is 505 g/mol. The van der Waals surface area contributed by atoms with E-state index in [1.807, 2.05) is 18.2 Å². The van der Waals surface area contributed by atoms with Crippen molar-refractivity contribution in [2.45, 2.75) is 25.8 Å². The number of sulfonamides is 1. The van der Waals surface area contributed by atoms with Gasteiger partial charge in [-0.25, -0.2) is 8.42 Å². The lowest BCUT2D eigenvalue weighted by Gasteiger charge is -2.28. The zero-order valence-corrected chi connectivity index (χ0v) is 20.6. The van der Waals surface area contributed by atoms with E-state index < -0.39 is 15.9 Å². The number of carbonyl (C=O) groups is 2. The fraction of sp³-hybridized carbons (Fsp3) is 0.417. The van der Waals surface area contributed by atoms with Crippen LogP contribution in [0.15, 0.2) is 42.5 Å². The fourth-order valence-electron chi connectivity index (χ4n) is 4.36. The summed E-state index contributed by atoms with van der Waals surface area (Å²) in [6, 6.07) is 12.6. The van der Waals surface area contributed by atoms with Gasteiger partial charge in [0.25, 0.3) is 0 Å². The summed E-state index contributed by atoms with van der Waals surface area (Å²) in [5, 5.41) is 3.37. The minimum atomic E-state index is -3.44. The van der Waals surface area contributed by atoms with Crippen LogP contribution >= 0.6 is 11.6 Å². The molecule has 2 heterocycles. The number of halogens is 1. The van der Waals surface area contributed by atoms with E-state index in [0.29, 0.717) is 43.2 Å². The second kappa shape index (κ2) is 10.3. The lowest BCUT2D eigenvalue weighted by atomic mass is 10.0. The largest absolute Gasteiger partial charge is 0.497 e. The Hall–Kier alpha value is -2.62. The Bertz CT molecular complexity index is 1170. The highest BCUT2D eigenvalue weighted by Crippen LogP contribution is 2.27. The molecule has 2 amide bonds. The second-order valence-corrected chi connectivity index (χ2v) is 11.1. The van der Waals surface area contributed by atoms with Crippen molar-refractivity contribution in [2.24, 2.45) is 5.92 Å². The topological polar surface area (TPSA) is 96.0 Å². The van der Waals surface area contributed by atoms with Crippen molar-refractivity contribution in [3.05, 3.63) is 58.6 Å². The molecular weight excluding hydrogens is 478 g/mol. The number of hydrogen-bond acceptors (Lipinski definition) is 5. The van der Waals surface area contributed by atoms with Crippen LogP contribution in [0.5, 0.6) is 5.75 Å². The SMILES string of the molecule is COc1ccc2c(c1)CCN(S(=O)(=O)CCCNC(=O)C1CC(=O)N(c3ccc(Cl)cc3)C1)C2. The Morgan fingerprint density at radius 1 is 1.18 bits per heavy atom. The highest BCUT2D eigenvalue weighted by atomic mass is 35.5. The van der Waals surface area contributed by atoms with Gasteiger partial charge in [-0.3, -0.25) is 9.59 Å². The molecule has 2 aromatic rings. The summed E-state index contributed by atoms with van der Waals surface area (Å²) in [6.45, 7) is 1.31. The molecule has 4 rings (SSSR count). The van der Waals surface area contributed by atoms with Gasteiger partial charge in [-0.05, 0) is 60.4 Å². The first-order valence-electron chi connectivity index (χ1n) is 11.2. The van der Waals surface area contributed by atoms with E-state index in [1.54, 1.807) is 36.3 Å². The van der Waals surface area contributed by atoms with Crippen LogP contribution in [0, 0.1) is 5.92 Å². The third-order valence-electron chi connectivity index (χ3n) is 6.30. The minimum absolute atomic E-state index is 0.0424. The Kier molecular flexibility index (Phi) is 7.45. The van der Waals surface area contributed by atoms with Crippen LogP contribution < -0.4 is 15.0 Å². The summed E-state index contributed by atoms with van der Waals surface area (Å²) in [7, 11) is -1.83. The molecule has 2 aliphatic rings. The molecule has 0 aliphatic carbocycles. The normalized spacial score (nSPS) is 18.6. The first-order valence-corrected chi connectivity index (χ1v) is 13.2. The maximum atomic E-state index is 12.8. The molecule has 2 aliphatic heterocycles. The summed E-state index contributed by atoms with van der Waals surface area (Å²) in [5.74, 6) is -0.0864. The molecule has 0 spiro atoms. The number of ether oxygens (including phenoxy) is 1. The van der Waals surface area contributed by atoms with E-state index in [4.69, 9.17) is 16.3 Å².